The summed E-state index contributed by atoms with van der Waals surface area (Å²) in [6, 6.07) is 5.20. The van der Waals surface area contributed by atoms with Gasteiger partial charge in [-0.25, -0.2) is 0 Å². The van der Waals surface area contributed by atoms with Gasteiger partial charge in [-0.05, 0) is 19.1 Å². The summed E-state index contributed by atoms with van der Waals surface area (Å²) in [6.45, 7) is 2.41. The van der Waals surface area contributed by atoms with E-state index in [4.69, 9.17) is 28.0 Å². The average molecular weight is 218 g/mol. The Morgan fingerprint density at radius 1 is 1.46 bits per heavy atom. The molecule has 0 aliphatic rings. The van der Waals surface area contributed by atoms with E-state index in [0.29, 0.717) is 16.7 Å². The summed E-state index contributed by atoms with van der Waals surface area (Å²) in [7, 11) is 0. The second kappa shape index (κ2) is 5.10. The Morgan fingerprint density at radius 3 is 2.85 bits per heavy atom. The van der Waals surface area contributed by atoms with Crippen molar-refractivity contribution >= 4 is 29.4 Å². The molecule has 0 bridgehead atoms. The van der Waals surface area contributed by atoms with E-state index in [2.05, 4.69) is 5.16 Å². The summed E-state index contributed by atoms with van der Waals surface area (Å²) in [5.74, 6) is 0. The van der Waals surface area contributed by atoms with Crippen LogP contribution in [0.5, 0.6) is 0 Å². The molecule has 0 saturated heterocycles. The van der Waals surface area contributed by atoms with Gasteiger partial charge in [0, 0.05) is 10.6 Å². The first kappa shape index (κ1) is 10.4. The van der Waals surface area contributed by atoms with Crippen molar-refractivity contribution in [3.05, 3.63) is 33.8 Å². The van der Waals surface area contributed by atoms with E-state index in [1.807, 2.05) is 6.92 Å². The van der Waals surface area contributed by atoms with Gasteiger partial charge in [0.15, 0.2) is 0 Å². The Balaban J connectivity index is 2.77. The molecule has 1 aromatic carbocycles. The van der Waals surface area contributed by atoms with Crippen molar-refractivity contribution in [3.8, 4) is 0 Å². The minimum absolute atomic E-state index is 0.543. The molecule has 0 fully saturated rings. The highest BCUT2D eigenvalue weighted by atomic mass is 35.5. The lowest BCUT2D eigenvalue weighted by Crippen LogP contribution is -1.85. The highest BCUT2D eigenvalue weighted by molar-refractivity contribution is 6.36. The van der Waals surface area contributed by atoms with E-state index in [0.717, 1.165) is 5.56 Å². The summed E-state index contributed by atoms with van der Waals surface area (Å²) in [5, 5.41) is 4.87. The summed E-state index contributed by atoms with van der Waals surface area (Å²) < 4.78 is 0. The van der Waals surface area contributed by atoms with Crippen LogP contribution >= 0.6 is 23.2 Å². The zero-order valence-corrected chi connectivity index (χ0v) is 8.64. The fourth-order valence-electron chi connectivity index (χ4n) is 0.775. The molecule has 0 spiro atoms. The van der Waals surface area contributed by atoms with E-state index in [1.165, 1.54) is 0 Å². The highest BCUT2D eigenvalue weighted by Crippen LogP contribution is 2.19. The molecule has 1 aromatic rings. The zero-order valence-electron chi connectivity index (χ0n) is 7.13. The third-order valence-corrected chi connectivity index (χ3v) is 1.92. The highest BCUT2D eigenvalue weighted by Gasteiger charge is 1.97. The summed E-state index contributed by atoms with van der Waals surface area (Å²) in [4.78, 5) is 4.80. The van der Waals surface area contributed by atoms with E-state index >= 15 is 0 Å². The van der Waals surface area contributed by atoms with Crippen molar-refractivity contribution in [1.82, 2.24) is 0 Å². The molecule has 0 radical (unpaired) electrons. The number of nitrogens with zero attached hydrogens (tertiary/aromatic N) is 1. The number of hydrogen-bond acceptors (Lipinski definition) is 2. The van der Waals surface area contributed by atoms with Crippen LogP contribution in [0.3, 0.4) is 0 Å². The number of hydrogen-bond donors (Lipinski definition) is 0. The predicted octanol–water partition coefficient (Wildman–Crippen LogP) is 3.36. The SMILES string of the molecule is CCO/N=C/c1ccc(Cl)cc1Cl. The van der Waals surface area contributed by atoms with Crippen molar-refractivity contribution in [2.24, 2.45) is 5.16 Å². The summed E-state index contributed by atoms with van der Waals surface area (Å²) >= 11 is 11.6. The zero-order chi connectivity index (χ0) is 9.68. The molecule has 0 N–H and O–H groups in total. The molecule has 2 nitrogen and oxygen atoms in total. The molecule has 0 aromatic heterocycles. The van der Waals surface area contributed by atoms with Crippen LogP contribution < -0.4 is 0 Å². The molecule has 1 rings (SSSR count). The maximum absolute atomic E-state index is 5.88. The van der Waals surface area contributed by atoms with E-state index < -0.39 is 0 Å². The Morgan fingerprint density at radius 2 is 2.23 bits per heavy atom. The predicted molar refractivity (Wildman–Crippen MR) is 55.7 cm³/mol. The minimum atomic E-state index is 0.543. The van der Waals surface area contributed by atoms with Gasteiger partial charge >= 0.3 is 0 Å². The van der Waals surface area contributed by atoms with Crippen molar-refractivity contribution in [2.75, 3.05) is 6.61 Å². The van der Waals surface area contributed by atoms with Crippen molar-refractivity contribution < 1.29 is 4.84 Å². The third kappa shape index (κ3) is 3.25. The van der Waals surface area contributed by atoms with Gasteiger partial charge in [-0.1, -0.05) is 34.4 Å². The molecule has 0 heterocycles. The van der Waals surface area contributed by atoms with Crippen LogP contribution in [0.1, 0.15) is 12.5 Å². The van der Waals surface area contributed by atoms with E-state index in [9.17, 15) is 0 Å². The molecule has 4 heteroatoms. The number of halogens is 2. The Hall–Kier alpha value is -0.730. The van der Waals surface area contributed by atoms with Crippen LogP contribution in [-0.2, 0) is 4.84 Å². The summed E-state index contributed by atoms with van der Waals surface area (Å²) in [5.41, 5.74) is 0.791. The van der Waals surface area contributed by atoms with Crippen molar-refractivity contribution in [1.29, 1.82) is 0 Å². The van der Waals surface area contributed by atoms with Crippen molar-refractivity contribution in [3.63, 3.8) is 0 Å². The van der Waals surface area contributed by atoms with Gasteiger partial charge in [0.05, 0.1) is 11.2 Å². The average Bonchev–Trinajstić information content (AvgIpc) is 2.09. The lowest BCUT2D eigenvalue weighted by molar-refractivity contribution is 0.160. The third-order valence-electron chi connectivity index (χ3n) is 1.36. The molecule has 0 aliphatic heterocycles. The smallest absolute Gasteiger partial charge is 0.114 e. The Labute approximate surface area is 87.1 Å². The Bertz CT molecular complexity index is 312. The maximum Gasteiger partial charge on any atom is 0.114 e. The first-order valence-electron chi connectivity index (χ1n) is 3.84. The van der Waals surface area contributed by atoms with Gasteiger partial charge in [-0.15, -0.1) is 0 Å². The fraction of sp³-hybridized carbons (Fsp3) is 0.222. The molecular weight excluding hydrogens is 209 g/mol. The van der Waals surface area contributed by atoms with Crippen molar-refractivity contribution in [2.45, 2.75) is 6.92 Å². The van der Waals surface area contributed by atoms with E-state index in [1.54, 1.807) is 24.4 Å². The van der Waals surface area contributed by atoms with Crippen LogP contribution in [0.4, 0.5) is 0 Å². The van der Waals surface area contributed by atoms with Gasteiger partial charge in [-0.2, -0.15) is 0 Å². The molecule has 0 atom stereocenters. The number of oxime groups is 1. The van der Waals surface area contributed by atoms with Gasteiger partial charge in [0.25, 0.3) is 0 Å². The van der Waals surface area contributed by atoms with Crippen LogP contribution in [0.2, 0.25) is 10.0 Å². The second-order valence-corrected chi connectivity index (χ2v) is 3.16. The summed E-state index contributed by atoms with van der Waals surface area (Å²) in [6.07, 6.45) is 1.56. The lowest BCUT2D eigenvalue weighted by atomic mass is 10.2. The van der Waals surface area contributed by atoms with Crippen LogP contribution in [-0.4, -0.2) is 12.8 Å². The number of benzene rings is 1. The van der Waals surface area contributed by atoms with E-state index in [-0.39, 0.29) is 0 Å². The maximum atomic E-state index is 5.88. The molecule has 0 aliphatic carbocycles. The normalized spacial score (nSPS) is 10.7. The second-order valence-electron chi connectivity index (χ2n) is 2.32. The first-order chi connectivity index (χ1) is 6.24. The fourth-order valence-corrected chi connectivity index (χ4v) is 1.23. The molecule has 13 heavy (non-hydrogen) atoms. The minimum Gasteiger partial charge on any atom is -0.396 e. The quantitative estimate of drug-likeness (QED) is 0.563. The van der Waals surface area contributed by atoms with Gasteiger partial charge in [0.2, 0.25) is 0 Å². The first-order valence-corrected chi connectivity index (χ1v) is 4.60. The monoisotopic (exact) mass is 217 g/mol. The topological polar surface area (TPSA) is 21.6 Å². The molecule has 0 unspecified atom stereocenters. The molecule has 0 amide bonds. The van der Waals surface area contributed by atoms with Crippen LogP contribution in [0.25, 0.3) is 0 Å². The van der Waals surface area contributed by atoms with Crippen LogP contribution in [0, 0.1) is 0 Å². The Kier molecular flexibility index (Phi) is 4.06. The van der Waals surface area contributed by atoms with Gasteiger partial charge in [0.1, 0.15) is 6.61 Å². The molecular formula is C9H9Cl2NO. The molecule has 70 valence electrons. The molecule has 0 saturated carbocycles. The standard InChI is InChI=1S/C9H9Cl2NO/c1-2-13-12-6-7-3-4-8(10)5-9(7)11/h3-6H,2H2,1H3/b12-6+. The van der Waals surface area contributed by atoms with Gasteiger partial charge in [-0.3, -0.25) is 0 Å². The number of rotatable bonds is 3. The largest absolute Gasteiger partial charge is 0.396 e. The lowest BCUT2D eigenvalue weighted by Gasteiger charge is -1.97. The van der Waals surface area contributed by atoms with Gasteiger partial charge < -0.3 is 4.84 Å². The van der Waals surface area contributed by atoms with Crippen LogP contribution in [0.15, 0.2) is 23.4 Å².